The summed E-state index contributed by atoms with van der Waals surface area (Å²) < 4.78 is 1.14. The molecule has 0 spiro atoms. The van der Waals surface area contributed by atoms with Crippen molar-refractivity contribution < 1.29 is 0 Å². The summed E-state index contributed by atoms with van der Waals surface area (Å²) in [5, 5.41) is 0. The van der Waals surface area contributed by atoms with Gasteiger partial charge in [0.05, 0.1) is 0 Å². The number of hydrogen-bond acceptors (Lipinski definition) is 2. The predicted molar refractivity (Wildman–Crippen MR) is 56.9 cm³/mol. The Hall–Kier alpha value is -0.380. The van der Waals surface area contributed by atoms with Crippen LogP contribution in [0.25, 0.3) is 0 Å². The molecule has 2 nitrogen and oxygen atoms in total. The van der Waals surface area contributed by atoms with Crippen LogP contribution >= 0.6 is 15.9 Å². The Morgan fingerprint density at radius 1 is 1.38 bits per heavy atom. The van der Waals surface area contributed by atoms with Gasteiger partial charge in [-0.3, -0.25) is 11.3 Å². The van der Waals surface area contributed by atoms with Gasteiger partial charge in [-0.15, -0.1) is 0 Å². The third kappa shape index (κ3) is 1.93. The van der Waals surface area contributed by atoms with Crippen molar-refractivity contribution in [1.82, 2.24) is 5.43 Å². The maximum atomic E-state index is 5.54. The molecule has 1 aliphatic rings. The highest BCUT2D eigenvalue weighted by molar-refractivity contribution is 9.10. The van der Waals surface area contributed by atoms with Crippen LogP contribution in [0.5, 0.6) is 0 Å². The SMILES string of the molecule is NNC(c1ccccc1Br)C1CC1. The molecule has 70 valence electrons. The number of nitrogens with two attached hydrogens (primary N) is 1. The van der Waals surface area contributed by atoms with Crippen molar-refractivity contribution in [1.29, 1.82) is 0 Å². The molecule has 1 unspecified atom stereocenters. The van der Waals surface area contributed by atoms with Crippen LogP contribution in [0.15, 0.2) is 28.7 Å². The van der Waals surface area contributed by atoms with Gasteiger partial charge in [0.15, 0.2) is 0 Å². The Kier molecular flexibility index (Phi) is 2.67. The van der Waals surface area contributed by atoms with Crippen LogP contribution in [-0.2, 0) is 0 Å². The van der Waals surface area contributed by atoms with E-state index >= 15 is 0 Å². The van der Waals surface area contributed by atoms with Crippen molar-refractivity contribution in [2.24, 2.45) is 11.8 Å². The fourth-order valence-corrected chi connectivity index (χ4v) is 2.17. The maximum Gasteiger partial charge on any atom is 0.0499 e. The lowest BCUT2D eigenvalue weighted by atomic mass is 10.0. The molecule has 3 heteroatoms. The molecule has 0 aliphatic heterocycles. The summed E-state index contributed by atoms with van der Waals surface area (Å²) in [6, 6.07) is 8.56. The quantitative estimate of drug-likeness (QED) is 0.629. The highest BCUT2D eigenvalue weighted by Gasteiger charge is 2.32. The van der Waals surface area contributed by atoms with Crippen molar-refractivity contribution >= 4 is 15.9 Å². The van der Waals surface area contributed by atoms with E-state index in [0.717, 1.165) is 10.4 Å². The standard InChI is InChI=1S/C10H13BrN2/c11-9-4-2-1-3-8(9)10(13-12)7-5-6-7/h1-4,7,10,13H,5-6,12H2. The Balaban J connectivity index is 2.26. The molecule has 2 rings (SSSR count). The molecule has 1 aliphatic carbocycles. The van der Waals surface area contributed by atoms with E-state index in [1.54, 1.807) is 0 Å². The zero-order chi connectivity index (χ0) is 9.26. The second kappa shape index (κ2) is 3.78. The van der Waals surface area contributed by atoms with Gasteiger partial charge in [0, 0.05) is 10.5 Å². The molecule has 3 N–H and O–H groups in total. The van der Waals surface area contributed by atoms with Crippen LogP contribution in [-0.4, -0.2) is 0 Å². The monoisotopic (exact) mass is 240 g/mol. The lowest BCUT2D eigenvalue weighted by molar-refractivity contribution is 0.495. The predicted octanol–water partition coefficient (Wildman–Crippen LogP) is 2.36. The first kappa shape index (κ1) is 9.19. The van der Waals surface area contributed by atoms with Gasteiger partial charge in [0.25, 0.3) is 0 Å². The van der Waals surface area contributed by atoms with Crippen molar-refractivity contribution in [2.45, 2.75) is 18.9 Å². The van der Waals surface area contributed by atoms with E-state index in [1.165, 1.54) is 18.4 Å². The first-order valence-corrected chi connectivity index (χ1v) is 5.33. The van der Waals surface area contributed by atoms with Crippen LogP contribution in [0.1, 0.15) is 24.4 Å². The lowest BCUT2D eigenvalue weighted by Gasteiger charge is -2.16. The number of hydrogen-bond donors (Lipinski definition) is 2. The maximum absolute atomic E-state index is 5.54. The highest BCUT2D eigenvalue weighted by Crippen LogP contribution is 2.42. The van der Waals surface area contributed by atoms with Crippen LogP contribution in [0, 0.1) is 5.92 Å². The molecule has 0 aromatic heterocycles. The van der Waals surface area contributed by atoms with Gasteiger partial charge in [0.2, 0.25) is 0 Å². The minimum atomic E-state index is 0.315. The third-order valence-electron chi connectivity index (χ3n) is 2.51. The summed E-state index contributed by atoms with van der Waals surface area (Å²) in [6.07, 6.45) is 2.58. The Labute approximate surface area is 86.6 Å². The third-order valence-corrected chi connectivity index (χ3v) is 3.24. The molecule has 1 aromatic rings. The summed E-state index contributed by atoms with van der Waals surface area (Å²) in [5.41, 5.74) is 4.16. The molecule has 13 heavy (non-hydrogen) atoms. The molecule has 1 aromatic carbocycles. The van der Waals surface area contributed by atoms with Crippen LogP contribution in [0.3, 0.4) is 0 Å². The summed E-state index contributed by atoms with van der Waals surface area (Å²) in [6.45, 7) is 0. The highest BCUT2D eigenvalue weighted by atomic mass is 79.9. The molecule has 1 saturated carbocycles. The second-order valence-electron chi connectivity index (χ2n) is 3.50. The van der Waals surface area contributed by atoms with Crippen molar-refractivity contribution in [2.75, 3.05) is 0 Å². The van der Waals surface area contributed by atoms with E-state index < -0.39 is 0 Å². The molecule has 1 fully saturated rings. The van der Waals surface area contributed by atoms with Crippen LogP contribution < -0.4 is 11.3 Å². The van der Waals surface area contributed by atoms with Gasteiger partial charge in [-0.25, -0.2) is 0 Å². The van der Waals surface area contributed by atoms with Gasteiger partial charge in [-0.05, 0) is 30.4 Å². The number of rotatable bonds is 3. The van der Waals surface area contributed by atoms with Crippen molar-refractivity contribution in [3.63, 3.8) is 0 Å². The topological polar surface area (TPSA) is 38.0 Å². The Morgan fingerprint density at radius 2 is 2.08 bits per heavy atom. The van der Waals surface area contributed by atoms with E-state index in [4.69, 9.17) is 5.84 Å². The number of hydrazine groups is 1. The molecular weight excluding hydrogens is 228 g/mol. The number of benzene rings is 1. The normalized spacial score (nSPS) is 18.6. The van der Waals surface area contributed by atoms with Gasteiger partial charge in [-0.1, -0.05) is 34.1 Å². The first-order valence-electron chi connectivity index (χ1n) is 4.53. The minimum Gasteiger partial charge on any atom is -0.271 e. The first-order chi connectivity index (χ1) is 6.33. The van der Waals surface area contributed by atoms with Crippen LogP contribution in [0.4, 0.5) is 0 Å². The van der Waals surface area contributed by atoms with Crippen LogP contribution in [0.2, 0.25) is 0 Å². The smallest absolute Gasteiger partial charge is 0.0499 e. The molecule has 0 amide bonds. The molecule has 0 radical (unpaired) electrons. The molecular formula is C10H13BrN2. The second-order valence-corrected chi connectivity index (χ2v) is 4.36. The summed E-state index contributed by atoms with van der Waals surface area (Å²) in [4.78, 5) is 0. The largest absolute Gasteiger partial charge is 0.271 e. The zero-order valence-electron chi connectivity index (χ0n) is 7.33. The number of nitrogens with one attached hydrogen (secondary N) is 1. The fourth-order valence-electron chi connectivity index (χ4n) is 1.64. The Morgan fingerprint density at radius 3 is 2.62 bits per heavy atom. The van der Waals surface area contributed by atoms with Gasteiger partial charge in [0.1, 0.15) is 0 Å². The molecule has 0 heterocycles. The summed E-state index contributed by atoms with van der Waals surface area (Å²) in [5.74, 6) is 6.27. The van der Waals surface area contributed by atoms with Crippen molar-refractivity contribution in [3.8, 4) is 0 Å². The fraction of sp³-hybridized carbons (Fsp3) is 0.400. The molecule has 0 bridgehead atoms. The van der Waals surface area contributed by atoms with E-state index in [0.29, 0.717) is 6.04 Å². The molecule has 0 saturated heterocycles. The van der Waals surface area contributed by atoms with E-state index in [1.807, 2.05) is 12.1 Å². The van der Waals surface area contributed by atoms with Gasteiger partial charge in [-0.2, -0.15) is 0 Å². The van der Waals surface area contributed by atoms with E-state index in [9.17, 15) is 0 Å². The van der Waals surface area contributed by atoms with E-state index in [2.05, 4.69) is 33.5 Å². The lowest BCUT2D eigenvalue weighted by Crippen LogP contribution is -2.29. The van der Waals surface area contributed by atoms with Crippen molar-refractivity contribution in [3.05, 3.63) is 34.3 Å². The zero-order valence-corrected chi connectivity index (χ0v) is 8.92. The average molecular weight is 241 g/mol. The minimum absolute atomic E-state index is 0.315. The summed E-state index contributed by atoms with van der Waals surface area (Å²) >= 11 is 3.54. The van der Waals surface area contributed by atoms with Gasteiger partial charge < -0.3 is 0 Å². The number of halogens is 1. The summed E-state index contributed by atoms with van der Waals surface area (Å²) in [7, 11) is 0. The van der Waals surface area contributed by atoms with Gasteiger partial charge >= 0.3 is 0 Å². The van der Waals surface area contributed by atoms with E-state index in [-0.39, 0.29) is 0 Å². The molecule has 1 atom stereocenters. The average Bonchev–Trinajstić information content (AvgIpc) is 2.93. The Bertz CT molecular complexity index is 297.